The van der Waals surface area contributed by atoms with Crippen LogP contribution in [-0.2, 0) is 4.74 Å². The number of likely N-dealkylation sites (N-methyl/N-ethyl adjacent to an activating group) is 1. The maximum Gasteiger partial charge on any atom is 0.407 e. The molecule has 0 unspecified atom stereocenters. The number of rotatable bonds is 4. The van der Waals surface area contributed by atoms with E-state index in [2.05, 4.69) is 0 Å². The highest BCUT2D eigenvalue weighted by atomic mass is 16.5. The number of carboxylic acid groups (broad SMARTS) is 1. The molecule has 0 aromatic rings. The van der Waals surface area contributed by atoms with Crippen LogP contribution in [0.3, 0.4) is 0 Å². The summed E-state index contributed by atoms with van der Waals surface area (Å²) < 4.78 is 5.35. The average Bonchev–Trinajstić information content (AvgIpc) is 2.18. The summed E-state index contributed by atoms with van der Waals surface area (Å²) in [5.41, 5.74) is 5.88. The number of ether oxygens (including phenoxy) is 1. The van der Waals surface area contributed by atoms with Gasteiger partial charge in [-0.15, -0.1) is 0 Å². The predicted octanol–water partition coefficient (Wildman–Crippen LogP) is 0.740. The van der Waals surface area contributed by atoms with Gasteiger partial charge in [0.05, 0.1) is 0 Å². The molecule has 15 heavy (non-hydrogen) atoms. The van der Waals surface area contributed by atoms with Gasteiger partial charge in [0.15, 0.2) is 0 Å². The second kappa shape index (κ2) is 5.92. The van der Waals surface area contributed by atoms with Gasteiger partial charge in [-0.05, 0) is 25.2 Å². The van der Waals surface area contributed by atoms with Crippen LogP contribution in [0.25, 0.3) is 0 Å². The van der Waals surface area contributed by atoms with Crippen molar-refractivity contribution in [1.82, 2.24) is 4.90 Å². The lowest BCUT2D eigenvalue weighted by Gasteiger charge is -2.26. The SMILES string of the molecule is CN(C[C@@H](N)C[C@@H]1CCCOC1)C(=O)O. The van der Waals surface area contributed by atoms with Crippen molar-refractivity contribution in [3.8, 4) is 0 Å². The van der Waals surface area contributed by atoms with Gasteiger partial charge in [-0.3, -0.25) is 0 Å². The topological polar surface area (TPSA) is 75.8 Å². The third-order valence-electron chi connectivity index (χ3n) is 2.73. The Hall–Kier alpha value is -0.810. The quantitative estimate of drug-likeness (QED) is 0.726. The summed E-state index contributed by atoms with van der Waals surface area (Å²) in [7, 11) is 1.54. The summed E-state index contributed by atoms with van der Waals surface area (Å²) in [6.07, 6.45) is 2.15. The molecule has 88 valence electrons. The molecule has 0 aromatic heterocycles. The minimum atomic E-state index is -0.926. The standard InChI is InChI=1S/C10H20N2O3/c1-12(10(13)14)6-9(11)5-8-3-2-4-15-7-8/h8-9H,2-7,11H2,1H3,(H,13,14)/t8-,9-/m0/s1. The lowest BCUT2D eigenvalue weighted by molar-refractivity contribution is 0.0478. The van der Waals surface area contributed by atoms with Crippen LogP contribution < -0.4 is 5.73 Å². The first-order valence-corrected chi connectivity index (χ1v) is 5.37. The van der Waals surface area contributed by atoms with Crippen molar-refractivity contribution in [2.75, 3.05) is 26.8 Å². The van der Waals surface area contributed by atoms with Crippen molar-refractivity contribution < 1.29 is 14.6 Å². The van der Waals surface area contributed by atoms with E-state index in [4.69, 9.17) is 15.6 Å². The van der Waals surface area contributed by atoms with Gasteiger partial charge in [0.2, 0.25) is 0 Å². The molecule has 0 spiro atoms. The molecule has 1 fully saturated rings. The Labute approximate surface area is 90.2 Å². The number of hydrogen-bond donors (Lipinski definition) is 2. The van der Waals surface area contributed by atoms with E-state index in [0.717, 1.165) is 32.5 Å². The molecule has 1 amide bonds. The van der Waals surface area contributed by atoms with E-state index in [9.17, 15) is 4.79 Å². The third kappa shape index (κ3) is 4.48. The van der Waals surface area contributed by atoms with Gasteiger partial charge in [-0.25, -0.2) is 4.79 Å². The first-order chi connectivity index (χ1) is 7.09. The highest BCUT2D eigenvalue weighted by molar-refractivity contribution is 5.64. The number of amides is 1. The normalized spacial score (nSPS) is 23.5. The van der Waals surface area contributed by atoms with Gasteiger partial charge < -0.3 is 20.5 Å². The Bertz CT molecular complexity index is 205. The minimum absolute atomic E-state index is 0.0854. The van der Waals surface area contributed by atoms with E-state index < -0.39 is 6.09 Å². The van der Waals surface area contributed by atoms with Crippen molar-refractivity contribution in [1.29, 1.82) is 0 Å². The van der Waals surface area contributed by atoms with Crippen LogP contribution in [0.15, 0.2) is 0 Å². The highest BCUT2D eigenvalue weighted by Crippen LogP contribution is 2.18. The van der Waals surface area contributed by atoms with Crippen LogP contribution in [0.1, 0.15) is 19.3 Å². The molecular weight excluding hydrogens is 196 g/mol. The van der Waals surface area contributed by atoms with Crippen LogP contribution in [-0.4, -0.2) is 48.9 Å². The molecule has 1 aliphatic heterocycles. The van der Waals surface area contributed by atoms with Crippen molar-refractivity contribution in [2.45, 2.75) is 25.3 Å². The zero-order valence-corrected chi connectivity index (χ0v) is 9.19. The highest BCUT2D eigenvalue weighted by Gasteiger charge is 2.19. The summed E-state index contributed by atoms with van der Waals surface area (Å²) in [6, 6.07) is -0.0854. The molecule has 1 rings (SSSR count). The Morgan fingerprint density at radius 3 is 3.00 bits per heavy atom. The van der Waals surface area contributed by atoms with Crippen LogP contribution >= 0.6 is 0 Å². The van der Waals surface area contributed by atoms with Crippen molar-refractivity contribution in [2.24, 2.45) is 11.7 Å². The lowest BCUT2D eigenvalue weighted by atomic mass is 9.94. The molecule has 0 aliphatic carbocycles. The Morgan fingerprint density at radius 2 is 2.47 bits per heavy atom. The molecule has 3 N–H and O–H groups in total. The van der Waals surface area contributed by atoms with Crippen molar-refractivity contribution >= 4 is 6.09 Å². The maximum atomic E-state index is 10.6. The zero-order chi connectivity index (χ0) is 11.3. The molecule has 1 saturated heterocycles. The summed E-state index contributed by atoms with van der Waals surface area (Å²) in [4.78, 5) is 11.8. The zero-order valence-electron chi connectivity index (χ0n) is 9.19. The molecule has 1 aliphatic rings. The third-order valence-corrected chi connectivity index (χ3v) is 2.73. The van der Waals surface area contributed by atoms with E-state index in [0.29, 0.717) is 12.5 Å². The molecule has 0 aromatic carbocycles. The average molecular weight is 216 g/mol. The second-order valence-electron chi connectivity index (χ2n) is 4.24. The molecule has 1 heterocycles. The first kappa shape index (κ1) is 12.3. The number of nitrogens with zero attached hydrogens (tertiary/aromatic N) is 1. The summed E-state index contributed by atoms with van der Waals surface area (Å²) in [5, 5.41) is 8.68. The van der Waals surface area contributed by atoms with Crippen LogP contribution in [0.5, 0.6) is 0 Å². The van der Waals surface area contributed by atoms with E-state index in [1.54, 1.807) is 7.05 Å². The minimum Gasteiger partial charge on any atom is -0.465 e. The maximum absolute atomic E-state index is 10.6. The number of hydrogen-bond acceptors (Lipinski definition) is 3. The van der Waals surface area contributed by atoms with Gasteiger partial charge in [-0.1, -0.05) is 0 Å². The largest absolute Gasteiger partial charge is 0.465 e. The molecule has 2 atom stereocenters. The van der Waals surface area contributed by atoms with Crippen LogP contribution in [0.4, 0.5) is 4.79 Å². The van der Waals surface area contributed by atoms with Crippen LogP contribution in [0.2, 0.25) is 0 Å². The van der Waals surface area contributed by atoms with E-state index in [1.165, 1.54) is 4.90 Å². The molecular formula is C10H20N2O3. The summed E-state index contributed by atoms with van der Waals surface area (Å²) >= 11 is 0. The van der Waals surface area contributed by atoms with Gasteiger partial charge in [-0.2, -0.15) is 0 Å². The summed E-state index contributed by atoms with van der Waals surface area (Å²) in [6.45, 7) is 2.01. The fourth-order valence-electron chi connectivity index (χ4n) is 1.93. The monoisotopic (exact) mass is 216 g/mol. The van der Waals surface area contributed by atoms with Crippen LogP contribution in [0, 0.1) is 5.92 Å². The molecule has 5 heteroatoms. The predicted molar refractivity (Wildman–Crippen MR) is 56.8 cm³/mol. The van der Waals surface area contributed by atoms with E-state index in [-0.39, 0.29) is 6.04 Å². The van der Waals surface area contributed by atoms with Gasteiger partial charge in [0.1, 0.15) is 0 Å². The van der Waals surface area contributed by atoms with Crippen molar-refractivity contribution in [3.63, 3.8) is 0 Å². The second-order valence-corrected chi connectivity index (χ2v) is 4.24. The van der Waals surface area contributed by atoms with E-state index in [1.807, 2.05) is 0 Å². The molecule has 0 radical (unpaired) electrons. The molecule has 5 nitrogen and oxygen atoms in total. The van der Waals surface area contributed by atoms with Crippen molar-refractivity contribution in [3.05, 3.63) is 0 Å². The Morgan fingerprint density at radius 1 is 1.73 bits per heavy atom. The fourth-order valence-corrected chi connectivity index (χ4v) is 1.93. The van der Waals surface area contributed by atoms with Gasteiger partial charge in [0.25, 0.3) is 0 Å². The van der Waals surface area contributed by atoms with E-state index >= 15 is 0 Å². The first-order valence-electron chi connectivity index (χ1n) is 5.37. The van der Waals surface area contributed by atoms with Gasteiger partial charge >= 0.3 is 6.09 Å². The lowest BCUT2D eigenvalue weighted by Crippen LogP contribution is -2.40. The fraction of sp³-hybridized carbons (Fsp3) is 0.900. The molecule has 0 saturated carbocycles. The number of nitrogens with two attached hydrogens (primary N) is 1. The number of carbonyl (C=O) groups is 1. The smallest absolute Gasteiger partial charge is 0.407 e. The molecule has 0 bridgehead atoms. The Balaban J connectivity index is 2.22. The Kier molecular flexibility index (Phi) is 4.84. The summed E-state index contributed by atoms with van der Waals surface area (Å²) in [5.74, 6) is 0.496. The van der Waals surface area contributed by atoms with Gasteiger partial charge in [0, 0.05) is 32.8 Å².